The molecule has 17 heavy (non-hydrogen) atoms. The van der Waals surface area contributed by atoms with E-state index in [9.17, 15) is 0 Å². The molecule has 0 fully saturated rings. The van der Waals surface area contributed by atoms with Crippen LogP contribution in [0.4, 0.5) is 0 Å². The topological polar surface area (TPSA) is 64.3 Å². The lowest BCUT2D eigenvalue weighted by atomic mass is 10.1. The number of rotatable bonds is 4. The van der Waals surface area contributed by atoms with Gasteiger partial charge in [-0.2, -0.15) is 4.98 Å². The van der Waals surface area contributed by atoms with E-state index in [1.165, 1.54) is 0 Å². The van der Waals surface area contributed by atoms with E-state index in [1.54, 1.807) is 7.11 Å². The van der Waals surface area contributed by atoms with E-state index >= 15 is 0 Å². The predicted octanol–water partition coefficient (Wildman–Crippen LogP) is 0.364. The van der Waals surface area contributed by atoms with Crippen LogP contribution in [0.5, 0.6) is 5.88 Å². The normalized spacial score (nSPS) is 15.7. The van der Waals surface area contributed by atoms with Gasteiger partial charge in [-0.05, 0) is 13.1 Å². The van der Waals surface area contributed by atoms with Crippen LogP contribution in [0, 0.1) is 0 Å². The zero-order valence-corrected chi connectivity index (χ0v) is 10.6. The molecule has 0 aromatic carbocycles. The van der Waals surface area contributed by atoms with Crippen LogP contribution in [0.25, 0.3) is 0 Å². The number of fused-ring (bicyclic) bond motifs is 1. The Morgan fingerprint density at radius 2 is 2.24 bits per heavy atom. The van der Waals surface area contributed by atoms with Gasteiger partial charge in [-0.25, -0.2) is 4.98 Å². The van der Waals surface area contributed by atoms with Crippen LogP contribution in [0.3, 0.4) is 0 Å². The number of nitrogens with two attached hydrogens (primary N) is 1. The summed E-state index contributed by atoms with van der Waals surface area (Å²) >= 11 is 0. The van der Waals surface area contributed by atoms with Crippen molar-refractivity contribution in [3.8, 4) is 5.88 Å². The molecule has 0 bridgehead atoms. The summed E-state index contributed by atoms with van der Waals surface area (Å²) in [4.78, 5) is 11.4. The van der Waals surface area contributed by atoms with Gasteiger partial charge in [0, 0.05) is 31.5 Å². The van der Waals surface area contributed by atoms with Crippen molar-refractivity contribution < 1.29 is 4.74 Å². The van der Waals surface area contributed by atoms with Gasteiger partial charge in [-0.1, -0.05) is 6.92 Å². The molecule has 0 aliphatic carbocycles. The van der Waals surface area contributed by atoms with Crippen molar-refractivity contribution in [2.45, 2.75) is 26.3 Å². The van der Waals surface area contributed by atoms with Crippen molar-refractivity contribution in [2.75, 3.05) is 26.7 Å². The second kappa shape index (κ2) is 5.42. The quantitative estimate of drug-likeness (QED) is 0.818. The van der Waals surface area contributed by atoms with Gasteiger partial charge in [0.1, 0.15) is 5.82 Å². The Morgan fingerprint density at radius 1 is 1.41 bits per heavy atom. The summed E-state index contributed by atoms with van der Waals surface area (Å²) in [5.74, 6) is 1.52. The number of likely N-dealkylation sites (N-methyl/N-ethyl adjacent to an activating group) is 1. The van der Waals surface area contributed by atoms with Gasteiger partial charge in [0.2, 0.25) is 5.88 Å². The first-order chi connectivity index (χ1) is 8.28. The minimum absolute atomic E-state index is 0.572. The highest BCUT2D eigenvalue weighted by Gasteiger charge is 2.21. The van der Waals surface area contributed by atoms with Gasteiger partial charge in [-0.3, -0.25) is 4.90 Å². The van der Waals surface area contributed by atoms with E-state index in [1.807, 2.05) is 0 Å². The number of methoxy groups -OCH3 is 1. The number of hydrogen-bond donors (Lipinski definition) is 1. The SMILES string of the molecule is CCN1CCc2nc(CCN)nc(OC)c2C1. The third-order valence-corrected chi connectivity index (χ3v) is 3.16. The molecule has 94 valence electrons. The zero-order valence-electron chi connectivity index (χ0n) is 10.6. The second-order valence-electron chi connectivity index (χ2n) is 4.23. The first kappa shape index (κ1) is 12.3. The summed E-state index contributed by atoms with van der Waals surface area (Å²) in [6.45, 7) is 5.74. The fourth-order valence-corrected chi connectivity index (χ4v) is 2.17. The molecule has 0 saturated carbocycles. The molecule has 2 rings (SSSR count). The fourth-order valence-electron chi connectivity index (χ4n) is 2.17. The van der Waals surface area contributed by atoms with E-state index in [2.05, 4.69) is 21.8 Å². The molecule has 0 unspecified atom stereocenters. The van der Waals surface area contributed by atoms with E-state index in [4.69, 9.17) is 10.5 Å². The third kappa shape index (κ3) is 2.56. The van der Waals surface area contributed by atoms with Crippen molar-refractivity contribution in [1.29, 1.82) is 0 Å². The predicted molar refractivity (Wildman–Crippen MR) is 66.0 cm³/mol. The molecule has 5 nitrogen and oxygen atoms in total. The summed E-state index contributed by atoms with van der Waals surface area (Å²) in [5.41, 5.74) is 7.81. The lowest BCUT2D eigenvalue weighted by Crippen LogP contribution is -2.31. The molecule has 1 aromatic heterocycles. The fraction of sp³-hybridized carbons (Fsp3) is 0.667. The third-order valence-electron chi connectivity index (χ3n) is 3.16. The minimum atomic E-state index is 0.572. The number of nitrogens with zero attached hydrogens (tertiary/aromatic N) is 3. The van der Waals surface area contributed by atoms with Crippen LogP contribution < -0.4 is 10.5 Å². The van der Waals surface area contributed by atoms with Crippen LogP contribution in [-0.4, -0.2) is 41.6 Å². The summed E-state index contributed by atoms with van der Waals surface area (Å²) in [6.07, 6.45) is 1.68. The average Bonchev–Trinajstić information content (AvgIpc) is 2.37. The van der Waals surface area contributed by atoms with Crippen LogP contribution in [-0.2, 0) is 19.4 Å². The van der Waals surface area contributed by atoms with Crippen LogP contribution in [0.2, 0.25) is 0 Å². The largest absolute Gasteiger partial charge is 0.481 e. The summed E-state index contributed by atoms with van der Waals surface area (Å²) in [7, 11) is 1.67. The molecule has 2 N–H and O–H groups in total. The molecule has 2 heterocycles. The molecule has 5 heteroatoms. The Morgan fingerprint density at radius 3 is 2.88 bits per heavy atom. The van der Waals surface area contributed by atoms with Gasteiger partial charge < -0.3 is 10.5 Å². The number of aromatic nitrogens is 2. The van der Waals surface area contributed by atoms with Crippen LogP contribution in [0.1, 0.15) is 24.0 Å². The standard InChI is InChI=1S/C12H20N4O/c1-3-16-7-5-10-9(8-16)12(17-2)15-11(14-10)4-6-13/h3-8,13H2,1-2H3. The molecule has 0 saturated heterocycles. The highest BCUT2D eigenvalue weighted by Crippen LogP contribution is 2.25. The van der Waals surface area contributed by atoms with Crippen molar-refractivity contribution >= 4 is 0 Å². The van der Waals surface area contributed by atoms with E-state index < -0.39 is 0 Å². The summed E-state index contributed by atoms with van der Waals surface area (Å²) < 4.78 is 5.37. The van der Waals surface area contributed by atoms with E-state index in [0.717, 1.165) is 49.0 Å². The van der Waals surface area contributed by atoms with Gasteiger partial charge in [0.25, 0.3) is 0 Å². The first-order valence-electron chi connectivity index (χ1n) is 6.13. The molecule has 1 aliphatic rings. The van der Waals surface area contributed by atoms with E-state index in [0.29, 0.717) is 13.0 Å². The maximum absolute atomic E-state index is 5.54. The molecule has 0 radical (unpaired) electrons. The lowest BCUT2D eigenvalue weighted by Gasteiger charge is -2.27. The second-order valence-corrected chi connectivity index (χ2v) is 4.23. The molecule has 0 atom stereocenters. The Balaban J connectivity index is 2.33. The number of hydrogen-bond acceptors (Lipinski definition) is 5. The van der Waals surface area contributed by atoms with Gasteiger partial charge in [0.05, 0.1) is 12.8 Å². The highest BCUT2D eigenvalue weighted by atomic mass is 16.5. The van der Waals surface area contributed by atoms with Gasteiger partial charge >= 0.3 is 0 Å². The molecular weight excluding hydrogens is 216 g/mol. The molecule has 1 aromatic rings. The van der Waals surface area contributed by atoms with E-state index in [-0.39, 0.29) is 0 Å². The van der Waals surface area contributed by atoms with Crippen molar-refractivity contribution in [3.05, 3.63) is 17.1 Å². The summed E-state index contributed by atoms with van der Waals surface area (Å²) in [6, 6.07) is 0. The Kier molecular flexibility index (Phi) is 3.91. The lowest BCUT2D eigenvalue weighted by molar-refractivity contribution is 0.256. The molecule has 1 aliphatic heterocycles. The van der Waals surface area contributed by atoms with Crippen LogP contribution in [0.15, 0.2) is 0 Å². The number of ether oxygens (including phenoxy) is 1. The van der Waals surface area contributed by atoms with Crippen molar-refractivity contribution in [3.63, 3.8) is 0 Å². The smallest absolute Gasteiger partial charge is 0.221 e. The Hall–Kier alpha value is -1.20. The maximum Gasteiger partial charge on any atom is 0.221 e. The Bertz CT molecular complexity index is 377. The maximum atomic E-state index is 5.54. The highest BCUT2D eigenvalue weighted by molar-refractivity contribution is 5.33. The molecule has 0 amide bonds. The monoisotopic (exact) mass is 236 g/mol. The van der Waals surface area contributed by atoms with Gasteiger partial charge in [-0.15, -0.1) is 0 Å². The van der Waals surface area contributed by atoms with Crippen molar-refractivity contribution in [1.82, 2.24) is 14.9 Å². The first-order valence-corrected chi connectivity index (χ1v) is 6.13. The zero-order chi connectivity index (χ0) is 12.3. The van der Waals surface area contributed by atoms with Crippen LogP contribution >= 0.6 is 0 Å². The Labute approximate surface area is 102 Å². The molecular formula is C12H20N4O. The van der Waals surface area contributed by atoms with Crippen molar-refractivity contribution in [2.24, 2.45) is 5.73 Å². The minimum Gasteiger partial charge on any atom is -0.481 e. The summed E-state index contributed by atoms with van der Waals surface area (Å²) in [5, 5.41) is 0. The average molecular weight is 236 g/mol. The molecule has 0 spiro atoms. The van der Waals surface area contributed by atoms with Gasteiger partial charge in [0.15, 0.2) is 0 Å².